The minimum absolute atomic E-state index is 0.0709. The van der Waals surface area contributed by atoms with Crippen molar-refractivity contribution >= 4 is 17.9 Å². The van der Waals surface area contributed by atoms with Gasteiger partial charge < -0.3 is 14.2 Å². The Morgan fingerprint density at radius 3 is 0.765 bits per heavy atom. The zero-order chi connectivity index (χ0) is 58.5. The number of carbonyl (C=O) groups is 3. The first-order valence-electron chi connectivity index (χ1n) is 35.8. The van der Waals surface area contributed by atoms with E-state index in [1.807, 2.05) is 0 Å². The fraction of sp³-hybridized carbons (Fsp3) is 0.827. The van der Waals surface area contributed by atoms with Gasteiger partial charge in [-0.15, -0.1) is 0 Å². The molecule has 0 aromatic heterocycles. The minimum atomic E-state index is -0.776. The van der Waals surface area contributed by atoms with Gasteiger partial charge in [-0.3, -0.25) is 14.4 Å². The highest BCUT2D eigenvalue weighted by molar-refractivity contribution is 5.71. The minimum Gasteiger partial charge on any atom is -0.462 e. The van der Waals surface area contributed by atoms with E-state index in [1.165, 1.54) is 250 Å². The summed E-state index contributed by atoms with van der Waals surface area (Å²) in [6.45, 7) is 6.59. The summed E-state index contributed by atoms with van der Waals surface area (Å²) in [5.74, 6) is -0.852. The Morgan fingerprint density at radius 2 is 0.481 bits per heavy atom. The Balaban J connectivity index is 4.19. The Morgan fingerprint density at radius 1 is 0.259 bits per heavy atom. The first-order chi connectivity index (χ1) is 40.0. The van der Waals surface area contributed by atoms with Crippen LogP contribution in [-0.2, 0) is 28.6 Å². The lowest BCUT2D eigenvalue weighted by Gasteiger charge is -2.18. The number of unbranched alkanes of at least 4 members (excludes halogenated alkanes) is 45. The fourth-order valence-electron chi connectivity index (χ4n) is 10.7. The van der Waals surface area contributed by atoms with Crippen LogP contribution in [0.2, 0.25) is 0 Å². The van der Waals surface area contributed by atoms with Gasteiger partial charge in [0.25, 0.3) is 0 Å². The summed E-state index contributed by atoms with van der Waals surface area (Å²) < 4.78 is 17.0. The lowest BCUT2D eigenvalue weighted by molar-refractivity contribution is -0.167. The second kappa shape index (κ2) is 69.6. The number of hydrogen-bond acceptors (Lipinski definition) is 6. The molecule has 0 fully saturated rings. The molecule has 0 saturated carbocycles. The zero-order valence-corrected chi connectivity index (χ0v) is 54.3. The molecule has 0 spiro atoms. The van der Waals surface area contributed by atoms with Gasteiger partial charge in [0.2, 0.25) is 0 Å². The van der Waals surface area contributed by atoms with Gasteiger partial charge in [-0.2, -0.15) is 0 Å². The number of carbonyl (C=O) groups excluding carboxylic acids is 3. The van der Waals surface area contributed by atoms with Crippen molar-refractivity contribution in [2.75, 3.05) is 13.2 Å². The molecule has 6 nitrogen and oxygen atoms in total. The van der Waals surface area contributed by atoms with Gasteiger partial charge in [0.15, 0.2) is 6.10 Å². The van der Waals surface area contributed by atoms with Crippen molar-refractivity contribution in [1.29, 1.82) is 0 Å². The quantitative estimate of drug-likeness (QED) is 0.0261. The van der Waals surface area contributed by atoms with E-state index in [4.69, 9.17) is 14.2 Å². The van der Waals surface area contributed by atoms with Crippen LogP contribution in [0.15, 0.2) is 60.8 Å². The second-order valence-electron chi connectivity index (χ2n) is 24.1. The summed E-state index contributed by atoms with van der Waals surface area (Å²) >= 11 is 0. The Hall–Kier alpha value is -2.89. The molecule has 81 heavy (non-hydrogen) atoms. The summed E-state index contributed by atoms with van der Waals surface area (Å²) in [5.41, 5.74) is 0. The number of esters is 3. The van der Waals surface area contributed by atoms with Crippen LogP contribution < -0.4 is 0 Å². The smallest absolute Gasteiger partial charge is 0.306 e. The first-order valence-corrected chi connectivity index (χ1v) is 35.8. The third-order valence-corrected chi connectivity index (χ3v) is 16.0. The van der Waals surface area contributed by atoms with Crippen LogP contribution in [0.3, 0.4) is 0 Å². The highest BCUT2D eigenvalue weighted by Crippen LogP contribution is 2.18. The molecule has 0 radical (unpaired) electrons. The third kappa shape index (κ3) is 67.8. The maximum atomic E-state index is 12.9. The van der Waals surface area contributed by atoms with Gasteiger partial charge in [-0.05, 0) is 83.5 Å². The van der Waals surface area contributed by atoms with Crippen molar-refractivity contribution in [2.24, 2.45) is 0 Å². The second-order valence-corrected chi connectivity index (χ2v) is 24.1. The van der Waals surface area contributed by atoms with Crippen molar-refractivity contribution < 1.29 is 28.6 Å². The van der Waals surface area contributed by atoms with Crippen LogP contribution in [0.25, 0.3) is 0 Å². The Kier molecular flexibility index (Phi) is 67.1. The molecule has 0 saturated heterocycles. The van der Waals surface area contributed by atoms with Gasteiger partial charge in [0, 0.05) is 19.3 Å². The molecule has 0 rings (SSSR count). The predicted molar refractivity (Wildman–Crippen MR) is 353 cm³/mol. The molecule has 0 amide bonds. The number of ether oxygens (including phenoxy) is 3. The first kappa shape index (κ1) is 78.1. The highest BCUT2D eigenvalue weighted by Gasteiger charge is 2.19. The van der Waals surface area contributed by atoms with E-state index in [0.29, 0.717) is 19.3 Å². The van der Waals surface area contributed by atoms with Crippen LogP contribution in [0, 0.1) is 0 Å². The molecular formula is C75H136O6. The van der Waals surface area contributed by atoms with E-state index in [2.05, 4.69) is 81.5 Å². The molecule has 6 heteroatoms. The summed E-state index contributed by atoms with van der Waals surface area (Å²) in [7, 11) is 0. The average molecular weight is 1130 g/mol. The van der Waals surface area contributed by atoms with Gasteiger partial charge in [-0.1, -0.05) is 338 Å². The van der Waals surface area contributed by atoms with E-state index in [1.54, 1.807) is 0 Å². The van der Waals surface area contributed by atoms with E-state index in [9.17, 15) is 14.4 Å². The largest absolute Gasteiger partial charge is 0.462 e. The number of allylic oxidation sites excluding steroid dienone is 10. The Labute approximate surface area is 504 Å². The molecule has 0 aliphatic rings. The number of rotatable bonds is 66. The average Bonchev–Trinajstić information content (AvgIpc) is 3.47. The molecule has 0 N–H and O–H groups in total. The summed E-state index contributed by atoms with van der Waals surface area (Å²) in [5, 5.41) is 0. The van der Waals surface area contributed by atoms with Crippen LogP contribution in [0.4, 0.5) is 0 Å². The van der Waals surface area contributed by atoms with Gasteiger partial charge in [-0.25, -0.2) is 0 Å². The van der Waals surface area contributed by atoms with Crippen molar-refractivity contribution in [2.45, 2.75) is 386 Å². The number of hydrogen-bond donors (Lipinski definition) is 0. The van der Waals surface area contributed by atoms with Crippen molar-refractivity contribution in [3.63, 3.8) is 0 Å². The third-order valence-electron chi connectivity index (χ3n) is 16.0. The van der Waals surface area contributed by atoms with Crippen LogP contribution in [0.1, 0.15) is 380 Å². The standard InChI is InChI=1S/C75H136O6/c1-4-7-10-13-16-19-22-25-28-31-32-33-34-35-36-37-38-39-40-41-42-43-44-45-48-50-53-56-59-62-65-68-74(77)80-71-72(81-75(78)69-66-63-60-57-54-51-47-30-27-24-21-18-15-12-9-6-3)70-79-73(76)67-64-61-58-55-52-49-46-29-26-23-20-17-14-11-8-5-2/h7,10,16,19,25,28,30,32-33,47,72H,4-6,8-9,11-15,17-18,20-24,26-27,29,31,34-46,48-71H2,1-3H3/b10-7-,19-16-,28-25-,33-32-,47-30-. The lowest BCUT2D eigenvalue weighted by atomic mass is 10.0. The van der Waals surface area contributed by atoms with E-state index in [-0.39, 0.29) is 31.1 Å². The highest BCUT2D eigenvalue weighted by atomic mass is 16.6. The van der Waals surface area contributed by atoms with E-state index >= 15 is 0 Å². The molecule has 0 aromatic rings. The normalized spacial score (nSPS) is 12.4. The molecule has 1 atom stereocenters. The molecule has 1 unspecified atom stereocenters. The predicted octanol–water partition coefficient (Wildman–Crippen LogP) is 24.7. The maximum Gasteiger partial charge on any atom is 0.306 e. The van der Waals surface area contributed by atoms with E-state index < -0.39 is 6.10 Å². The van der Waals surface area contributed by atoms with Crippen molar-refractivity contribution in [1.82, 2.24) is 0 Å². The molecular weight excluding hydrogens is 997 g/mol. The molecule has 0 aliphatic carbocycles. The molecule has 472 valence electrons. The van der Waals surface area contributed by atoms with Gasteiger partial charge in [0.05, 0.1) is 0 Å². The van der Waals surface area contributed by atoms with Crippen molar-refractivity contribution in [3.05, 3.63) is 60.8 Å². The van der Waals surface area contributed by atoms with Gasteiger partial charge in [0.1, 0.15) is 13.2 Å². The summed E-state index contributed by atoms with van der Waals surface area (Å²) in [6.07, 6.45) is 89.7. The fourth-order valence-corrected chi connectivity index (χ4v) is 10.7. The lowest BCUT2D eigenvalue weighted by Crippen LogP contribution is -2.30. The SMILES string of the molecule is CC/C=C\C/C=C\C/C=C\C/C=C\CCCCCCCCCCCCCCCCCCCCC(=O)OCC(COC(=O)CCCCCCCCCCCCCCCCCC)OC(=O)CCCCCCC/C=C\CCCCCCCCC. The molecule has 0 heterocycles. The summed E-state index contributed by atoms with van der Waals surface area (Å²) in [4.78, 5) is 38.4. The van der Waals surface area contributed by atoms with Crippen LogP contribution in [0.5, 0.6) is 0 Å². The monoisotopic (exact) mass is 1130 g/mol. The van der Waals surface area contributed by atoms with E-state index in [0.717, 1.165) is 89.9 Å². The van der Waals surface area contributed by atoms with Crippen molar-refractivity contribution in [3.8, 4) is 0 Å². The molecule has 0 bridgehead atoms. The van der Waals surface area contributed by atoms with Crippen LogP contribution >= 0.6 is 0 Å². The Bertz CT molecular complexity index is 1440. The van der Waals surface area contributed by atoms with Gasteiger partial charge >= 0.3 is 17.9 Å². The molecule has 0 aliphatic heterocycles. The zero-order valence-electron chi connectivity index (χ0n) is 54.3. The summed E-state index contributed by atoms with van der Waals surface area (Å²) in [6, 6.07) is 0. The van der Waals surface area contributed by atoms with Crippen LogP contribution in [-0.4, -0.2) is 37.2 Å². The topological polar surface area (TPSA) is 78.9 Å². The maximum absolute atomic E-state index is 12.9. The molecule has 0 aromatic carbocycles.